The molecule has 1 unspecified atom stereocenters. The van der Waals surface area contributed by atoms with Crippen LogP contribution in [0.25, 0.3) is 0 Å². The van der Waals surface area contributed by atoms with Gasteiger partial charge in [-0.05, 0) is 26.1 Å². The van der Waals surface area contributed by atoms with E-state index in [0.29, 0.717) is 12.2 Å². The van der Waals surface area contributed by atoms with E-state index in [1.807, 2.05) is 6.92 Å². The molecule has 0 aliphatic heterocycles. The first-order valence-corrected chi connectivity index (χ1v) is 8.33. The minimum atomic E-state index is -3.54. The van der Waals surface area contributed by atoms with Gasteiger partial charge in [0.1, 0.15) is 0 Å². The van der Waals surface area contributed by atoms with Gasteiger partial charge in [-0.2, -0.15) is 0 Å². The lowest BCUT2D eigenvalue weighted by atomic mass is 10.3. The lowest BCUT2D eigenvalue weighted by molar-refractivity contribution is 0.272. The summed E-state index contributed by atoms with van der Waals surface area (Å²) < 4.78 is 28.8. The highest BCUT2D eigenvalue weighted by Gasteiger charge is 2.20. The van der Waals surface area contributed by atoms with Gasteiger partial charge in [0.05, 0.1) is 11.5 Å². The van der Waals surface area contributed by atoms with Crippen molar-refractivity contribution >= 4 is 10.0 Å². The molecule has 0 bridgehead atoms. The van der Waals surface area contributed by atoms with Gasteiger partial charge in [0, 0.05) is 31.5 Å². The monoisotopic (exact) mass is 303 g/mol. The van der Waals surface area contributed by atoms with Crippen LogP contribution in [0.2, 0.25) is 0 Å². The predicted octanol–water partition coefficient (Wildman–Crippen LogP) is 0.526. The van der Waals surface area contributed by atoms with Crippen LogP contribution >= 0.6 is 0 Å². The van der Waals surface area contributed by atoms with Crippen LogP contribution in [0.1, 0.15) is 26.5 Å². The maximum atomic E-state index is 12.3. The van der Waals surface area contributed by atoms with E-state index in [1.54, 1.807) is 11.6 Å². The van der Waals surface area contributed by atoms with Crippen LogP contribution in [0, 0.1) is 0 Å². The number of nitrogens with one attached hydrogen (secondary N) is 1. The number of hydrogen-bond acceptors (Lipinski definition) is 4. The molecule has 0 spiro atoms. The molecule has 0 radical (unpaired) electrons. The zero-order valence-corrected chi connectivity index (χ0v) is 13.4. The molecule has 0 fully saturated rings. The van der Waals surface area contributed by atoms with Crippen LogP contribution in [0.3, 0.4) is 0 Å². The van der Waals surface area contributed by atoms with Gasteiger partial charge < -0.3 is 14.6 Å². The normalized spacial score (nSPS) is 13.9. The van der Waals surface area contributed by atoms with Gasteiger partial charge in [-0.25, -0.2) is 13.1 Å². The van der Waals surface area contributed by atoms with Crippen molar-refractivity contribution in [1.82, 2.24) is 14.2 Å². The van der Waals surface area contributed by atoms with Gasteiger partial charge in [-0.15, -0.1) is 0 Å². The van der Waals surface area contributed by atoms with Crippen LogP contribution in [-0.2, 0) is 23.7 Å². The Morgan fingerprint density at radius 3 is 2.45 bits per heavy atom. The van der Waals surface area contributed by atoms with Gasteiger partial charge in [-0.1, -0.05) is 13.8 Å². The molecule has 7 heteroatoms. The van der Waals surface area contributed by atoms with Crippen LogP contribution in [-0.4, -0.2) is 48.7 Å². The molecule has 0 saturated heterocycles. The van der Waals surface area contributed by atoms with Gasteiger partial charge in [0.2, 0.25) is 10.0 Å². The molecule has 2 N–H and O–H groups in total. The molecular formula is C13H25N3O3S. The van der Waals surface area contributed by atoms with E-state index >= 15 is 0 Å². The van der Waals surface area contributed by atoms with Gasteiger partial charge in [0.25, 0.3) is 0 Å². The van der Waals surface area contributed by atoms with Crippen molar-refractivity contribution in [3.8, 4) is 0 Å². The number of hydrogen-bond donors (Lipinski definition) is 2. The lowest BCUT2D eigenvalue weighted by Gasteiger charge is -2.23. The lowest BCUT2D eigenvalue weighted by Crippen LogP contribution is -2.41. The average Bonchev–Trinajstić information content (AvgIpc) is 2.77. The summed E-state index contributed by atoms with van der Waals surface area (Å²) in [4.78, 5) is 2.35. The maximum absolute atomic E-state index is 12.3. The quantitative estimate of drug-likeness (QED) is 0.734. The molecule has 1 aromatic heterocycles. The Morgan fingerprint density at radius 1 is 1.40 bits per heavy atom. The summed E-state index contributed by atoms with van der Waals surface area (Å²) in [6, 6.07) is 1.32. The Bertz CT molecular complexity index is 521. The van der Waals surface area contributed by atoms with E-state index in [-0.39, 0.29) is 17.5 Å². The van der Waals surface area contributed by atoms with Crippen LogP contribution in [0.5, 0.6) is 0 Å². The number of aliphatic hydroxyl groups is 1. The largest absolute Gasteiger partial charge is 0.390 e. The summed E-state index contributed by atoms with van der Waals surface area (Å²) in [5, 5.41) is 9.12. The Labute approximate surface area is 121 Å². The van der Waals surface area contributed by atoms with E-state index in [1.165, 1.54) is 12.3 Å². The first kappa shape index (κ1) is 17.2. The fraction of sp³-hybridized carbons (Fsp3) is 0.692. The van der Waals surface area contributed by atoms with E-state index in [2.05, 4.69) is 23.5 Å². The molecule has 1 atom stereocenters. The van der Waals surface area contributed by atoms with Crippen molar-refractivity contribution in [3.05, 3.63) is 18.0 Å². The minimum Gasteiger partial charge on any atom is -0.390 e. The number of rotatable bonds is 8. The van der Waals surface area contributed by atoms with Gasteiger partial charge >= 0.3 is 0 Å². The van der Waals surface area contributed by atoms with E-state index in [0.717, 1.165) is 13.1 Å². The molecule has 1 aromatic rings. The Morgan fingerprint density at radius 2 is 2.00 bits per heavy atom. The summed E-state index contributed by atoms with van der Waals surface area (Å²) in [5.74, 6) is 0. The smallest absolute Gasteiger partial charge is 0.242 e. The molecule has 20 heavy (non-hydrogen) atoms. The zero-order chi connectivity index (χ0) is 15.3. The maximum Gasteiger partial charge on any atom is 0.242 e. The first-order chi connectivity index (χ1) is 9.33. The van der Waals surface area contributed by atoms with Crippen LogP contribution in [0.4, 0.5) is 0 Å². The molecule has 6 nitrogen and oxygen atoms in total. The number of aryl methyl sites for hydroxylation is 1. The minimum absolute atomic E-state index is 0.169. The number of sulfonamides is 1. The van der Waals surface area contributed by atoms with E-state index in [4.69, 9.17) is 5.11 Å². The van der Waals surface area contributed by atoms with Crippen molar-refractivity contribution in [1.29, 1.82) is 0 Å². The molecule has 0 aliphatic carbocycles. The summed E-state index contributed by atoms with van der Waals surface area (Å²) in [6.45, 7) is 8.23. The van der Waals surface area contributed by atoms with Crippen LogP contribution in [0.15, 0.2) is 17.2 Å². The molecule has 0 aliphatic rings. The third-order valence-electron chi connectivity index (χ3n) is 3.34. The van der Waals surface area contributed by atoms with Gasteiger partial charge in [-0.3, -0.25) is 0 Å². The Kier molecular flexibility index (Phi) is 6.19. The van der Waals surface area contributed by atoms with Crippen molar-refractivity contribution in [2.75, 3.05) is 19.6 Å². The van der Waals surface area contributed by atoms with E-state index in [9.17, 15) is 8.42 Å². The second-order valence-electron chi connectivity index (χ2n) is 4.94. The number of aliphatic hydroxyl groups excluding tert-OH is 1. The number of likely N-dealkylation sites (N-methyl/N-ethyl adjacent to an activating group) is 1. The Hall–Kier alpha value is -0.890. The third kappa shape index (κ3) is 4.31. The van der Waals surface area contributed by atoms with E-state index < -0.39 is 10.0 Å². The SMILES string of the molecule is CCN(CC)CC(C)NS(=O)(=O)c1cc(CO)n(C)c1. The third-order valence-corrected chi connectivity index (χ3v) is 4.89. The molecular weight excluding hydrogens is 278 g/mol. The van der Waals surface area contributed by atoms with Crippen molar-refractivity contribution in [3.63, 3.8) is 0 Å². The summed E-state index contributed by atoms with van der Waals surface area (Å²) in [7, 11) is -1.83. The number of nitrogens with zero attached hydrogens (tertiary/aromatic N) is 2. The highest BCUT2D eigenvalue weighted by Crippen LogP contribution is 2.14. The molecule has 0 saturated carbocycles. The van der Waals surface area contributed by atoms with Crippen molar-refractivity contribution in [2.24, 2.45) is 7.05 Å². The molecule has 0 amide bonds. The average molecular weight is 303 g/mol. The summed E-state index contributed by atoms with van der Waals surface area (Å²) in [6.07, 6.45) is 1.51. The summed E-state index contributed by atoms with van der Waals surface area (Å²) in [5.41, 5.74) is 0.571. The highest BCUT2D eigenvalue weighted by atomic mass is 32.2. The second-order valence-corrected chi connectivity index (χ2v) is 6.66. The van der Waals surface area contributed by atoms with Crippen LogP contribution < -0.4 is 4.72 Å². The van der Waals surface area contributed by atoms with Gasteiger partial charge in [0.15, 0.2) is 0 Å². The molecule has 0 aromatic carbocycles. The predicted molar refractivity (Wildman–Crippen MR) is 78.9 cm³/mol. The number of aromatic nitrogens is 1. The zero-order valence-electron chi connectivity index (χ0n) is 12.6. The summed E-state index contributed by atoms with van der Waals surface area (Å²) >= 11 is 0. The first-order valence-electron chi connectivity index (χ1n) is 6.84. The Balaban J connectivity index is 2.78. The topological polar surface area (TPSA) is 74.6 Å². The fourth-order valence-corrected chi connectivity index (χ4v) is 3.45. The molecule has 1 rings (SSSR count). The van der Waals surface area contributed by atoms with Crippen molar-refractivity contribution < 1.29 is 13.5 Å². The molecule has 116 valence electrons. The standard InChI is InChI=1S/C13H25N3O3S/c1-5-16(6-2)8-11(3)14-20(18,19)13-7-12(10-17)15(4)9-13/h7,9,11,14,17H,5-6,8,10H2,1-4H3. The second kappa shape index (κ2) is 7.21. The fourth-order valence-electron chi connectivity index (χ4n) is 2.12. The molecule has 1 heterocycles. The highest BCUT2D eigenvalue weighted by molar-refractivity contribution is 7.89. The van der Waals surface area contributed by atoms with Crippen molar-refractivity contribution in [2.45, 2.75) is 38.3 Å².